The summed E-state index contributed by atoms with van der Waals surface area (Å²) in [6, 6.07) is 11.5. The van der Waals surface area contributed by atoms with Crippen molar-refractivity contribution in [3.05, 3.63) is 64.8 Å². The number of halogens is 3. The van der Waals surface area contributed by atoms with Crippen LogP contribution in [0.5, 0.6) is 0 Å². The number of aromatic nitrogens is 1. The van der Waals surface area contributed by atoms with Gasteiger partial charge in [-0.3, -0.25) is 4.98 Å². The molecule has 1 aliphatic heterocycles. The SMILES string of the molecule is Cc1c([C@@H](C)Nc2c(C#N)cnc3ccc(N4CCN(C(=O)OC(C)(C)C)CC4)cc23)cccc1C(F)(F)F. The Kier molecular flexibility index (Phi) is 7.64. The monoisotopic (exact) mass is 539 g/mol. The number of nitriles is 1. The molecule has 3 aromatic rings. The molecule has 0 saturated carbocycles. The average Bonchev–Trinajstić information content (AvgIpc) is 2.87. The first-order valence-corrected chi connectivity index (χ1v) is 12.8. The van der Waals surface area contributed by atoms with E-state index in [1.165, 1.54) is 19.2 Å². The Labute approximate surface area is 226 Å². The number of piperazine rings is 1. The molecular formula is C29H32F3N5O2. The van der Waals surface area contributed by atoms with Crippen molar-refractivity contribution < 1.29 is 22.7 Å². The van der Waals surface area contributed by atoms with Gasteiger partial charge in [0, 0.05) is 49.5 Å². The quantitative estimate of drug-likeness (QED) is 0.399. The minimum atomic E-state index is -4.45. The predicted molar refractivity (Wildman–Crippen MR) is 145 cm³/mol. The first-order valence-electron chi connectivity index (χ1n) is 12.8. The van der Waals surface area contributed by atoms with E-state index in [0.29, 0.717) is 53.9 Å². The highest BCUT2D eigenvalue weighted by molar-refractivity contribution is 5.96. The molecule has 4 rings (SSSR count). The Hall–Kier alpha value is -4.00. The molecular weight excluding hydrogens is 507 g/mol. The topological polar surface area (TPSA) is 81.5 Å². The van der Waals surface area contributed by atoms with Crippen LogP contribution in [0, 0.1) is 18.3 Å². The highest BCUT2D eigenvalue weighted by atomic mass is 19.4. The summed E-state index contributed by atoms with van der Waals surface area (Å²) in [4.78, 5) is 20.7. The number of nitrogens with zero attached hydrogens (tertiary/aromatic N) is 4. The Bertz CT molecular complexity index is 1420. The number of carbonyl (C=O) groups is 1. The van der Waals surface area contributed by atoms with Crippen LogP contribution in [0.1, 0.15) is 56.0 Å². The van der Waals surface area contributed by atoms with E-state index in [1.54, 1.807) is 17.9 Å². The summed E-state index contributed by atoms with van der Waals surface area (Å²) in [5.74, 6) is 0. The summed E-state index contributed by atoms with van der Waals surface area (Å²) in [6.07, 6.45) is -3.33. The van der Waals surface area contributed by atoms with Gasteiger partial charge in [0.15, 0.2) is 0 Å². The van der Waals surface area contributed by atoms with Crippen LogP contribution in [0.2, 0.25) is 0 Å². The van der Waals surface area contributed by atoms with E-state index < -0.39 is 23.4 Å². The van der Waals surface area contributed by atoms with Gasteiger partial charge in [-0.2, -0.15) is 18.4 Å². The van der Waals surface area contributed by atoms with Gasteiger partial charge in [0.1, 0.15) is 11.7 Å². The van der Waals surface area contributed by atoms with Gasteiger partial charge in [-0.05, 0) is 70.0 Å². The maximum atomic E-state index is 13.5. The number of amides is 1. The van der Waals surface area contributed by atoms with E-state index in [-0.39, 0.29) is 11.7 Å². The number of alkyl halides is 3. The molecule has 1 amide bonds. The molecule has 0 bridgehead atoms. The lowest BCUT2D eigenvalue weighted by atomic mass is 9.96. The van der Waals surface area contributed by atoms with Gasteiger partial charge in [-0.25, -0.2) is 4.79 Å². The Balaban J connectivity index is 1.61. The lowest BCUT2D eigenvalue weighted by Gasteiger charge is -2.36. The molecule has 1 fully saturated rings. The number of rotatable bonds is 4. The molecule has 1 aromatic heterocycles. The van der Waals surface area contributed by atoms with E-state index in [1.807, 2.05) is 39.0 Å². The number of nitrogens with one attached hydrogen (secondary N) is 1. The van der Waals surface area contributed by atoms with Crippen LogP contribution in [0.15, 0.2) is 42.6 Å². The summed E-state index contributed by atoms with van der Waals surface area (Å²) >= 11 is 0. The molecule has 2 heterocycles. The van der Waals surface area contributed by atoms with Crippen LogP contribution in [0.25, 0.3) is 10.9 Å². The second kappa shape index (κ2) is 10.6. The zero-order valence-corrected chi connectivity index (χ0v) is 22.7. The maximum Gasteiger partial charge on any atom is 0.416 e. The summed E-state index contributed by atoms with van der Waals surface area (Å²) in [5, 5.41) is 13.8. The van der Waals surface area contributed by atoms with Crippen molar-refractivity contribution in [2.75, 3.05) is 36.4 Å². The second-order valence-corrected chi connectivity index (χ2v) is 10.7. The van der Waals surface area contributed by atoms with Crippen molar-refractivity contribution >= 4 is 28.4 Å². The van der Waals surface area contributed by atoms with Crippen molar-refractivity contribution in [1.29, 1.82) is 5.26 Å². The van der Waals surface area contributed by atoms with Crippen molar-refractivity contribution in [3.63, 3.8) is 0 Å². The lowest BCUT2D eigenvalue weighted by molar-refractivity contribution is -0.138. The fourth-order valence-electron chi connectivity index (χ4n) is 4.82. The lowest BCUT2D eigenvalue weighted by Crippen LogP contribution is -2.50. The third kappa shape index (κ3) is 6.19. The van der Waals surface area contributed by atoms with Crippen LogP contribution in [-0.2, 0) is 10.9 Å². The molecule has 0 unspecified atom stereocenters. The van der Waals surface area contributed by atoms with E-state index in [9.17, 15) is 23.2 Å². The first kappa shape index (κ1) is 28.0. The molecule has 0 aliphatic carbocycles. The first-order chi connectivity index (χ1) is 18.3. The summed E-state index contributed by atoms with van der Waals surface area (Å²) in [6.45, 7) is 10.9. The summed E-state index contributed by atoms with van der Waals surface area (Å²) in [5.41, 5.74) is 1.76. The highest BCUT2D eigenvalue weighted by Crippen LogP contribution is 2.37. The van der Waals surface area contributed by atoms with Crippen molar-refractivity contribution in [1.82, 2.24) is 9.88 Å². The molecule has 1 atom stereocenters. The number of anilines is 2. The molecule has 10 heteroatoms. The highest BCUT2D eigenvalue weighted by Gasteiger charge is 2.33. The number of ether oxygens (including phenoxy) is 1. The van der Waals surface area contributed by atoms with Gasteiger partial charge < -0.3 is 19.9 Å². The predicted octanol–water partition coefficient (Wildman–Crippen LogP) is 6.66. The van der Waals surface area contributed by atoms with Crippen LogP contribution in [0.3, 0.4) is 0 Å². The summed E-state index contributed by atoms with van der Waals surface area (Å²) < 4.78 is 46.0. The molecule has 2 aromatic carbocycles. The minimum Gasteiger partial charge on any atom is -0.444 e. The standard InChI is InChI=1S/C29H32F3N5O2/c1-18-22(7-6-8-24(18)29(30,31)32)19(2)35-26-20(16-33)17-34-25-10-9-21(15-23(25)26)36-11-13-37(14-12-36)27(38)39-28(3,4)5/h6-10,15,17,19H,11-14H2,1-5H3,(H,34,35)/t19-/m1/s1. The number of pyridine rings is 1. The third-order valence-electron chi connectivity index (χ3n) is 6.78. The maximum absolute atomic E-state index is 13.5. The van der Waals surface area contributed by atoms with E-state index in [4.69, 9.17) is 4.74 Å². The van der Waals surface area contributed by atoms with E-state index in [0.717, 1.165) is 11.8 Å². The van der Waals surface area contributed by atoms with Gasteiger partial charge in [0.05, 0.1) is 22.3 Å². The van der Waals surface area contributed by atoms with Crippen LogP contribution in [0.4, 0.5) is 29.3 Å². The van der Waals surface area contributed by atoms with Crippen LogP contribution in [-0.4, -0.2) is 47.8 Å². The number of benzene rings is 2. The number of carbonyl (C=O) groups excluding carboxylic acids is 1. The van der Waals surface area contributed by atoms with Gasteiger partial charge >= 0.3 is 12.3 Å². The van der Waals surface area contributed by atoms with Gasteiger partial charge in [-0.15, -0.1) is 0 Å². The normalized spacial score (nSPS) is 15.2. The number of hydrogen-bond acceptors (Lipinski definition) is 6. The average molecular weight is 540 g/mol. The van der Waals surface area contributed by atoms with Crippen molar-refractivity contribution in [2.24, 2.45) is 0 Å². The van der Waals surface area contributed by atoms with Crippen LogP contribution < -0.4 is 10.2 Å². The third-order valence-corrected chi connectivity index (χ3v) is 6.78. The smallest absolute Gasteiger partial charge is 0.416 e. The fraction of sp³-hybridized carbons (Fsp3) is 0.414. The zero-order valence-electron chi connectivity index (χ0n) is 22.7. The minimum absolute atomic E-state index is 0.144. The molecule has 1 aliphatic rings. The van der Waals surface area contributed by atoms with E-state index >= 15 is 0 Å². The van der Waals surface area contributed by atoms with Crippen LogP contribution >= 0.6 is 0 Å². The molecule has 1 saturated heterocycles. The zero-order chi connectivity index (χ0) is 28.5. The Morgan fingerprint density at radius 3 is 2.44 bits per heavy atom. The molecule has 1 N–H and O–H groups in total. The molecule has 206 valence electrons. The Morgan fingerprint density at radius 2 is 1.82 bits per heavy atom. The summed E-state index contributed by atoms with van der Waals surface area (Å²) in [7, 11) is 0. The number of hydrogen-bond donors (Lipinski definition) is 1. The molecule has 0 spiro atoms. The molecule has 39 heavy (non-hydrogen) atoms. The largest absolute Gasteiger partial charge is 0.444 e. The van der Waals surface area contributed by atoms with Gasteiger partial charge in [0.25, 0.3) is 0 Å². The fourth-order valence-corrected chi connectivity index (χ4v) is 4.82. The Morgan fingerprint density at radius 1 is 1.13 bits per heavy atom. The van der Waals surface area contributed by atoms with Crippen molar-refractivity contribution in [2.45, 2.75) is 52.4 Å². The number of fused-ring (bicyclic) bond motifs is 1. The van der Waals surface area contributed by atoms with E-state index in [2.05, 4.69) is 21.3 Å². The van der Waals surface area contributed by atoms with Gasteiger partial charge in [-0.1, -0.05) is 12.1 Å². The van der Waals surface area contributed by atoms with Crippen molar-refractivity contribution in [3.8, 4) is 6.07 Å². The molecule has 7 nitrogen and oxygen atoms in total. The van der Waals surface area contributed by atoms with Gasteiger partial charge in [0.2, 0.25) is 0 Å². The molecule has 0 radical (unpaired) electrons. The second-order valence-electron chi connectivity index (χ2n) is 10.7.